The fourth-order valence-corrected chi connectivity index (χ4v) is 7.23. The summed E-state index contributed by atoms with van der Waals surface area (Å²) in [5, 5.41) is 17.6. The highest BCUT2D eigenvalue weighted by Crippen LogP contribution is 2.33. The van der Waals surface area contributed by atoms with Gasteiger partial charge >= 0.3 is 29.4 Å². The summed E-state index contributed by atoms with van der Waals surface area (Å²) in [5.74, 6) is 0.356. The number of benzene rings is 2. The molecular weight excluding hydrogens is 881 g/mol. The number of nitrogens with zero attached hydrogens (tertiary/aromatic N) is 7. The molecule has 0 saturated carbocycles. The number of halogens is 4. The van der Waals surface area contributed by atoms with E-state index in [4.69, 9.17) is 35.5 Å². The average molecular weight is 940 g/mol. The van der Waals surface area contributed by atoms with Crippen LogP contribution in [0.25, 0.3) is 22.1 Å². The lowest BCUT2D eigenvalue weighted by Crippen LogP contribution is -2.43. The Labute approximate surface area is 379 Å². The van der Waals surface area contributed by atoms with Crippen LogP contribution >= 0.6 is 24.8 Å². The molecule has 2 aliphatic rings. The van der Waals surface area contributed by atoms with Gasteiger partial charge in [0.1, 0.15) is 17.7 Å². The molecule has 6 heterocycles. The number of hydrogen-bond donors (Lipinski definition) is 5. The first-order valence-electron chi connectivity index (χ1n) is 20.5. The minimum Gasteiger partial charge on any atom is -0.407 e. The number of anilines is 2. The molecule has 19 nitrogen and oxygen atoms in total. The van der Waals surface area contributed by atoms with Crippen LogP contribution in [-0.4, -0.2) is 71.5 Å². The molecule has 1 amide bonds. The maximum absolute atomic E-state index is 14.0. The quantitative estimate of drug-likeness (QED) is 0.121. The van der Waals surface area contributed by atoms with Gasteiger partial charge in [-0.1, -0.05) is 51.7 Å². The second-order valence-corrected chi connectivity index (χ2v) is 17.7. The average Bonchev–Trinajstić information content (AvgIpc) is 3.99. The van der Waals surface area contributed by atoms with E-state index in [-0.39, 0.29) is 71.6 Å². The lowest BCUT2D eigenvalue weighted by Gasteiger charge is -2.28. The first kappa shape index (κ1) is 51.3. The van der Waals surface area contributed by atoms with Crippen LogP contribution < -0.4 is 33.9 Å². The lowest BCUT2D eigenvalue weighted by molar-refractivity contribution is 0.0612. The van der Waals surface area contributed by atoms with Crippen molar-refractivity contribution in [1.29, 1.82) is 0 Å². The van der Waals surface area contributed by atoms with Crippen molar-refractivity contribution >= 4 is 64.9 Å². The summed E-state index contributed by atoms with van der Waals surface area (Å²) in [4.78, 5) is 41.3. The van der Waals surface area contributed by atoms with E-state index >= 15 is 0 Å². The third-order valence-corrected chi connectivity index (χ3v) is 10.9. The molecule has 352 valence electrons. The van der Waals surface area contributed by atoms with Crippen molar-refractivity contribution in [3.8, 4) is 0 Å². The van der Waals surface area contributed by atoms with Crippen molar-refractivity contribution < 1.29 is 31.9 Å². The Kier molecular flexibility index (Phi) is 17.3. The van der Waals surface area contributed by atoms with E-state index in [1.54, 1.807) is 10.6 Å². The van der Waals surface area contributed by atoms with Gasteiger partial charge in [-0.2, -0.15) is 0 Å². The Bertz CT molecular complexity index is 2580. The molecule has 6 aromatic rings. The molecule has 0 bridgehead atoms. The van der Waals surface area contributed by atoms with Crippen LogP contribution in [0.5, 0.6) is 0 Å². The number of fused-ring (bicyclic) bond motifs is 2. The number of carbonyl (C=O) groups is 1. The van der Waals surface area contributed by atoms with Gasteiger partial charge in [0.05, 0.1) is 28.1 Å². The van der Waals surface area contributed by atoms with Crippen LogP contribution in [0, 0.1) is 34.3 Å². The van der Waals surface area contributed by atoms with Crippen LogP contribution in [-0.2, 0) is 22.6 Å². The van der Waals surface area contributed by atoms with Gasteiger partial charge in [-0.15, -0.1) is 35.0 Å². The van der Waals surface area contributed by atoms with Gasteiger partial charge in [0.25, 0.3) is 0 Å². The number of nitrogen functional groups attached to an aromatic ring is 2. The number of carbonyl (C=O) groups excluding carboxylic acids is 1. The second-order valence-electron chi connectivity index (χ2n) is 17.7. The molecule has 23 heteroatoms. The zero-order chi connectivity index (χ0) is 44.9. The summed E-state index contributed by atoms with van der Waals surface area (Å²) in [6.45, 7) is 15.4. The number of amides is 1. The number of imidazole rings is 2. The second kappa shape index (κ2) is 21.6. The maximum Gasteiger partial charge on any atom is 0.337 e. The number of H-pyrrole nitrogens is 1. The molecule has 0 radical (unpaired) electrons. The standard InChI is InChI=1S/C21H27FN6O4.C13H15FN2O2.C7H14N4O.2ClH/c1-21(2,3)16(17-25-26-18(23)32-17)24-19(29)28-14-5-4-13(22)10-15(14)27(20(28)30)11-12-6-8-31-9-7-12;14-10-1-2-11-12(7-10)16(13(17)15-11)8-9-3-5-18-6-4-9;1-7(2,3)4(8)5-10-11-6(9)12-5;;/h4-5,10,12,16H,6-9,11H2,1-3H3,(H2,23,26)(H,24,29);1-2,7,9H,3-6,8H2,(H,15,17);4H,8H2,1-3H3,(H2,9,11);2*1H/t;;4-;;/m..1../s1. The molecule has 2 atom stereocenters. The first-order chi connectivity index (χ1) is 29.3. The van der Waals surface area contributed by atoms with Crippen molar-refractivity contribution in [2.24, 2.45) is 28.4 Å². The first-order valence-corrected chi connectivity index (χ1v) is 20.5. The Morgan fingerprint density at radius 3 is 1.75 bits per heavy atom. The van der Waals surface area contributed by atoms with E-state index in [0.717, 1.165) is 43.5 Å². The Morgan fingerprint density at radius 1 is 0.750 bits per heavy atom. The topological polar surface area (TPSA) is 268 Å². The van der Waals surface area contributed by atoms with E-state index in [9.17, 15) is 23.2 Å². The van der Waals surface area contributed by atoms with Crippen LogP contribution in [0.2, 0.25) is 0 Å². The summed E-state index contributed by atoms with van der Waals surface area (Å²) < 4.78 is 52.4. The van der Waals surface area contributed by atoms with E-state index in [2.05, 4.69) is 30.7 Å². The van der Waals surface area contributed by atoms with Crippen molar-refractivity contribution in [2.45, 2.75) is 92.4 Å². The number of aromatic amines is 1. The van der Waals surface area contributed by atoms with Crippen LogP contribution in [0.15, 0.2) is 54.8 Å². The SMILES string of the molecule is CC(C)(C)C(NC(=O)n1c(=O)n(CC2CCOCC2)c2cc(F)ccc21)c1nnc(N)o1.CC(C)(C)[C@H](N)c1nnc(N)o1.Cl.Cl.O=c1[nH]c2ccc(F)cc2n1CC1CCOCC1. The zero-order valence-corrected chi connectivity index (χ0v) is 38.3. The van der Waals surface area contributed by atoms with Crippen LogP contribution in [0.4, 0.5) is 25.6 Å². The Morgan fingerprint density at radius 2 is 1.25 bits per heavy atom. The fourth-order valence-electron chi connectivity index (χ4n) is 7.23. The normalized spacial score (nSPS) is 15.8. The van der Waals surface area contributed by atoms with E-state index in [0.29, 0.717) is 60.2 Å². The molecule has 2 aromatic carbocycles. The number of aromatic nitrogens is 8. The summed E-state index contributed by atoms with van der Waals surface area (Å²) in [7, 11) is 0. The predicted octanol–water partition coefficient (Wildman–Crippen LogP) is 6.12. The van der Waals surface area contributed by atoms with Gasteiger partial charge in [0.2, 0.25) is 11.8 Å². The summed E-state index contributed by atoms with van der Waals surface area (Å²) >= 11 is 0. The molecular formula is C41H58Cl2F2N12O7. The third kappa shape index (κ3) is 12.5. The highest BCUT2D eigenvalue weighted by molar-refractivity contribution is 5.89. The molecule has 8 rings (SSSR count). The molecule has 2 fully saturated rings. The van der Waals surface area contributed by atoms with Crippen LogP contribution in [0.3, 0.4) is 0 Å². The minimum atomic E-state index is -0.707. The van der Waals surface area contributed by atoms with E-state index in [1.807, 2.05) is 41.5 Å². The molecule has 4 aromatic heterocycles. The van der Waals surface area contributed by atoms with Crippen molar-refractivity contribution in [2.75, 3.05) is 37.9 Å². The largest absolute Gasteiger partial charge is 0.407 e. The highest BCUT2D eigenvalue weighted by atomic mass is 35.5. The fraction of sp³-hybridized carbons (Fsp3) is 0.537. The molecule has 8 N–H and O–H groups in total. The van der Waals surface area contributed by atoms with Crippen LogP contribution in [0.1, 0.15) is 91.1 Å². The number of nitrogens with one attached hydrogen (secondary N) is 2. The van der Waals surface area contributed by atoms with Gasteiger partial charge in [-0.25, -0.2) is 27.7 Å². The molecule has 2 saturated heterocycles. The van der Waals surface area contributed by atoms with E-state index in [1.165, 1.54) is 34.9 Å². The highest BCUT2D eigenvalue weighted by Gasteiger charge is 2.34. The van der Waals surface area contributed by atoms with Crippen molar-refractivity contribution in [1.82, 2.24) is 44.4 Å². The van der Waals surface area contributed by atoms with Crippen molar-refractivity contribution in [3.05, 3.63) is 80.8 Å². The van der Waals surface area contributed by atoms with Gasteiger partial charge < -0.3 is 45.8 Å². The molecule has 0 aliphatic carbocycles. The summed E-state index contributed by atoms with van der Waals surface area (Å²) in [6.07, 6.45) is 3.50. The monoisotopic (exact) mass is 938 g/mol. The Balaban J connectivity index is 0.000000236. The van der Waals surface area contributed by atoms with Gasteiger partial charge in [0, 0.05) is 39.5 Å². The number of ether oxygens (including phenoxy) is 2. The summed E-state index contributed by atoms with van der Waals surface area (Å²) in [5.41, 5.74) is 17.3. The maximum atomic E-state index is 14.0. The van der Waals surface area contributed by atoms with Gasteiger partial charge in [-0.3, -0.25) is 9.13 Å². The third-order valence-electron chi connectivity index (χ3n) is 10.9. The smallest absolute Gasteiger partial charge is 0.337 e. The van der Waals surface area contributed by atoms with Crippen molar-refractivity contribution in [3.63, 3.8) is 0 Å². The minimum absolute atomic E-state index is 0. The number of hydrogen-bond acceptors (Lipinski definition) is 14. The lowest BCUT2D eigenvalue weighted by atomic mass is 9.86. The molecule has 0 spiro atoms. The number of rotatable bonds is 7. The molecule has 64 heavy (non-hydrogen) atoms. The number of nitrogens with two attached hydrogens (primary N) is 3. The summed E-state index contributed by atoms with van der Waals surface area (Å²) in [6, 6.07) is 6.59. The molecule has 2 aliphatic heterocycles. The van der Waals surface area contributed by atoms with Gasteiger partial charge in [0.15, 0.2) is 0 Å². The zero-order valence-electron chi connectivity index (χ0n) is 36.6. The van der Waals surface area contributed by atoms with E-state index < -0.39 is 29.0 Å². The predicted molar refractivity (Wildman–Crippen MR) is 240 cm³/mol. The molecule has 1 unspecified atom stereocenters. The Hall–Kier alpha value is -5.35. The van der Waals surface area contributed by atoms with Gasteiger partial charge in [-0.05, 0) is 84.7 Å².